The van der Waals surface area contributed by atoms with Crippen LogP contribution in [0.5, 0.6) is 11.5 Å². The van der Waals surface area contributed by atoms with Gasteiger partial charge in [-0.1, -0.05) is 50.2 Å². The Hall–Kier alpha value is -2.04. The SMILES string of the molecule is COc1ccc([C@H](N)[C@H](O)CCC(C)C)cc1OCc1ccccc1. The molecule has 0 saturated carbocycles. The normalized spacial score (nSPS) is 13.5. The lowest BCUT2D eigenvalue weighted by atomic mass is 9.96. The fourth-order valence-corrected chi connectivity index (χ4v) is 2.65. The molecule has 0 heterocycles. The van der Waals surface area contributed by atoms with Gasteiger partial charge in [-0.2, -0.15) is 0 Å². The number of hydrogen-bond acceptors (Lipinski definition) is 4. The van der Waals surface area contributed by atoms with Crippen LogP contribution in [-0.4, -0.2) is 18.3 Å². The highest BCUT2D eigenvalue weighted by atomic mass is 16.5. The second-order valence-electron chi connectivity index (χ2n) is 6.75. The third-order valence-corrected chi connectivity index (χ3v) is 4.26. The van der Waals surface area contributed by atoms with Crippen molar-refractivity contribution in [2.45, 2.75) is 45.4 Å². The van der Waals surface area contributed by atoms with Gasteiger partial charge in [-0.25, -0.2) is 0 Å². The molecular formula is C21H29NO3. The molecule has 0 aliphatic carbocycles. The lowest BCUT2D eigenvalue weighted by Gasteiger charge is -2.21. The van der Waals surface area contributed by atoms with Gasteiger partial charge in [0.1, 0.15) is 6.61 Å². The molecule has 3 N–H and O–H groups in total. The molecule has 0 fully saturated rings. The van der Waals surface area contributed by atoms with E-state index in [4.69, 9.17) is 15.2 Å². The Labute approximate surface area is 150 Å². The zero-order valence-electron chi connectivity index (χ0n) is 15.3. The van der Waals surface area contributed by atoms with E-state index in [1.165, 1.54) is 0 Å². The van der Waals surface area contributed by atoms with Crippen molar-refractivity contribution in [3.63, 3.8) is 0 Å². The molecule has 2 aromatic rings. The largest absolute Gasteiger partial charge is 0.493 e. The quantitative estimate of drug-likeness (QED) is 0.720. The van der Waals surface area contributed by atoms with Crippen LogP contribution in [0.4, 0.5) is 0 Å². The monoisotopic (exact) mass is 343 g/mol. The maximum absolute atomic E-state index is 10.3. The van der Waals surface area contributed by atoms with Gasteiger partial charge in [0.15, 0.2) is 11.5 Å². The van der Waals surface area contributed by atoms with E-state index < -0.39 is 12.1 Å². The predicted molar refractivity (Wildman–Crippen MR) is 101 cm³/mol. The van der Waals surface area contributed by atoms with Crippen molar-refractivity contribution in [1.29, 1.82) is 0 Å². The summed E-state index contributed by atoms with van der Waals surface area (Å²) in [5, 5.41) is 10.3. The molecule has 136 valence electrons. The molecule has 0 aliphatic heterocycles. The molecule has 25 heavy (non-hydrogen) atoms. The van der Waals surface area contributed by atoms with E-state index in [9.17, 15) is 5.11 Å². The fraction of sp³-hybridized carbons (Fsp3) is 0.429. The van der Waals surface area contributed by atoms with Crippen molar-refractivity contribution in [1.82, 2.24) is 0 Å². The second-order valence-corrected chi connectivity index (χ2v) is 6.75. The van der Waals surface area contributed by atoms with Crippen molar-refractivity contribution in [3.8, 4) is 11.5 Å². The molecule has 2 rings (SSSR count). The lowest BCUT2D eigenvalue weighted by molar-refractivity contribution is 0.128. The second kappa shape index (κ2) is 9.44. The van der Waals surface area contributed by atoms with Gasteiger partial charge in [0, 0.05) is 0 Å². The smallest absolute Gasteiger partial charge is 0.161 e. The lowest BCUT2D eigenvalue weighted by Crippen LogP contribution is -2.26. The van der Waals surface area contributed by atoms with E-state index in [0.29, 0.717) is 30.4 Å². The van der Waals surface area contributed by atoms with Crippen molar-refractivity contribution in [2.75, 3.05) is 7.11 Å². The van der Waals surface area contributed by atoms with E-state index >= 15 is 0 Å². The fourth-order valence-electron chi connectivity index (χ4n) is 2.65. The van der Waals surface area contributed by atoms with E-state index in [1.807, 2.05) is 48.5 Å². The summed E-state index contributed by atoms with van der Waals surface area (Å²) < 4.78 is 11.3. The molecule has 0 unspecified atom stereocenters. The Morgan fingerprint density at radius 3 is 2.36 bits per heavy atom. The first kappa shape index (κ1) is 19.3. The Bertz CT molecular complexity index is 643. The molecule has 0 bridgehead atoms. The zero-order chi connectivity index (χ0) is 18.2. The standard InChI is InChI=1S/C21H29NO3/c1-15(2)9-11-18(23)21(22)17-10-12-19(24-3)20(13-17)25-14-16-7-5-4-6-8-16/h4-8,10,12-13,15,18,21,23H,9,11,14,22H2,1-3H3/t18-,21+/m1/s1. The first-order valence-corrected chi connectivity index (χ1v) is 8.79. The van der Waals surface area contributed by atoms with Gasteiger partial charge in [0.05, 0.1) is 19.3 Å². The summed E-state index contributed by atoms with van der Waals surface area (Å²) >= 11 is 0. The van der Waals surface area contributed by atoms with Gasteiger partial charge in [0.25, 0.3) is 0 Å². The summed E-state index contributed by atoms with van der Waals surface area (Å²) in [7, 11) is 1.61. The average molecular weight is 343 g/mol. The summed E-state index contributed by atoms with van der Waals surface area (Å²) in [6.45, 7) is 4.73. The summed E-state index contributed by atoms with van der Waals surface area (Å²) in [6.07, 6.45) is 1.06. The summed E-state index contributed by atoms with van der Waals surface area (Å²) in [5.41, 5.74) is 8.17. The van der Waals surface area contributed by atoms with Gasteiger partial charge in [-0.3, -0.25) is 0 Å². The number of nitrogens with two attached hydrogens (primary N) is 1. The number of aliphatic hydroxyl groups is 1. The highest BCUT2D eigenvalue weighted by Gasteiger charge is 2.19. The van der Waals surface area contributed by atoms with Crippen LogP contribution in [0.3, 0.4) is 0 Å². The van der Waals surface area contributed by atoms with Crippen LogP contribution in [-0.2, 0) is 6.61 Å². The minimum absolute atomic E-state index is 0.441. The van der Waals surface area contributed by atoms with E-state index in [0.717, 1.165) is 17.5 Å². The van der Waals surface area contributed by atoms with Crippen LogP contribution >= 0.6 is 0 Å². The molecule has 4 heteroatoms. The minimum atomic E-state index is -0.572. The van der Waals surface area contributed by atoms with E-state index in [-0.39, 0.29) is 0 Å². The van der Waals surface area contributed by atoms with Crippen LogP contribution in [0.2, 0.25) is 0 Å². The molecule has 0 spiro atoms. The Balaban J connectivity index is 2.09. The van der Waals surface area contributed by atoms with Crippen molar-refractivity contribution in [3.05, 3.63) is 59.7 Å². The van der Waals surface area contributed by atoms with Crippen LogP contribution in [0.25, 0.3) is 0 Å². The molecule has 2 atom stereocenters. The van der Waals surface area contributed by atoms with Gasteiger partial charge < -0.3 is 20.3 Å². The van der Waals surface area contributed by atoms with E-state index in [1.54, 1.807) is 7.11 Å². The van der Waals surface area contributed by atoms with Crippen molar-refractivity contribution >= 4 is 0 Å². The highest BCUT2D eigenvalue weighted by Crippen LogP contribution is 2.32. The predicted octanol–water partition coefficient (Wildman–Crippen LogP) is 4.07. The first-order valence-electron chi connectivity index (χ1n) is 8.79. The molecule has 0 aromatic heterocycles. The van der Waals surface area contributed by atoms with Crippen LogP contribution in [0.1, 0.15) is 43.9 Å². The van der Waals surface area contributed by atoms with E-state index in [2.05, 4.69) is 13.8 Å². The first-order chi connectivity index (χ1) is 12.0. The number of aliphatic hydroxyl groups excluding tert-OH is 1. The maximum atomic E-state index is 10.3. The highest BCUT2D eigenvalue weighted by molar-refractivity contribution is 5.44. The molecule has 0 aliphatic rings. The van der Waals surface area contributed by atoms with Crippen molar-refractivity contribution in [2.24, 2.45) is 11.7 Å². The summed E-state index contributed by atoms with van der Waals surface area (Å²) in [4.78, 5) is 0. The third kappa shape index (κ3) is 5.76. The van der Waals surface area contributed by atoms with Gasteiger partial charge in [0.2, 0.25) is 0 Å². The Kier molecular flexibility index (Phi) is 7.29. The van der Waals surface area contributed by atoms with Crippen LogP contribution in [0.15, 0.2) is 48.5 Å². The Morgan fingerprint density at radius 1 is 1.00 bits per heavy atom. The molecule has 0 amide bonds. The number of hydrogen-bond donors (Lipinski definition) is 2. The number of benzene rings is 2. The molecule has 2 aromatic carbocycles. The number of rotatable bonds is 9. The maximum Gasteiger partial charge on any atom is 0.161 e. The topological polar surface area (TPSA) is 64.7 Å². The van der Waals surface area contributed by atoms with Gasteiger partial charge in [-0.15, -0.1) is 0 Å². The molecule has 0 radical (unpaired) electrons. The van der Waals surface area contributed by atoms with Crippen LogP contribution < -0.4 is 15.2 Å². The minimum Gasteiger partial charge on any atom is -0.493 e. The average Bonchev–Trinajstić information content (AvgIpc) is 2.64. The van der Waals surface area contributed by atoms with Crippen molar-refractivity contribution < 1.29 is 14.6 Å². The Morgan fingerprint density at radius 2 is 1.72 bits per heavy atom. The number of ether oxygens (including phenoxy) is 2. The van der Waals surface area contributed by atoms with Crippen LogP contribution in [0, 0.1) is 5.92 Å². The summed E-state index contributed by atoms with van der Waals surface area (Å²) in [5.74, 6) is 1.83. The summed E-state index contributed by atoms with van der Waals surface area (Å²) in [6, 6.07) is 15.1. The van der Waals surface area contributed by atoms with Gasteiger partial charge in [-0.05, 0) is 42.0 Å². The zero-order valence-corrected chi connectivity index (χ0v) is 15.3. The van der Waals surface area contributed by atoms with Gasteiger partial charge >= 0.3 is 0 Å². The number of methoxy groups -OCH3 is 1. The molecular weight excluding hydrogens is 314 g/mol. The molecule has 4 nitrogen and oxygen atoms in total. The molecule has 0 saturated heterocycles. The third-order valence-electron chi connectivity index (χ3n) is 4.26.